The molecule has 5 heterocycles. The predicted octanol–water partition coefficient (Wildman–Crippen LogP) is 12.1. The van der Waals surface area contributed by atoms with E-state index in [0.29, 0.717) is 19.3 Å². The van der Waals surface area contributed by atoms with Gasteiger partial charge >= 0.3 is 12.2 Å². The highest BCUT2D eigenvalue weighted by Crippen LogP contribution is 2.49. The second-order valence-electron chi connectivity index (χ2n) is 16.5. The largest absolute Gasteiger partial charge is 0.444 e. The van der Waals surface area contributed by atoms with E-state index in [2.05, 4.69) is 55.9 Å². The number of nitrogens with zero attached hydrogens (tertiary/aromatic N) is 5. The number of hydrogen-bond donors (Lipinski definition) is 1. The topological polar surface area (TPSA) is 152 Å². The zero-order valence-corrected chi connectivity index (χ0v) is 40.1. The number of piperidine rings is 1. The van der Waals surface area contributed by atoms with Crippen LogP contribution in [0.3, 0.4) is 0 Å². The number of thiazole rings is 2. The second-order valence-corrected chi connectivity index (χ2v) is 21.6. The summed E-state index contributed by atoms with van der Waals surface area (Å²) in [5.41, 5.74) is 9.66. The number of aromatic nitrogens is 2. The van der Waals surface area contributed by atoms with Crippen LogP contribution in [0.1, 0.15) is 104 Å². The SMILES string of the molecule is CC1CC(=O)CC(C)N1C(=O)OC(C)(C)C.CC1Cc2c(sc(N)c2-c2nc3ccc(Br)cc3s2)C(C)N1C(=O)OC(C)(C)C.N#CCc1nc2ccc(Br)cc2s1. The van der Waals surface area contributed by atoms with Crippen LogP contribution in [0.4, 0.5) is 14.6 Å². The zero-order valence-electron chi connectivity index (χ0n) is 34.4. The van der Waals surface area contributed by atoms with E-state index in [4.69, 9.17) is 25.5 Å². The minimum Gasteiger partial charge on any atom is -0.444 e. The van der Waals surface area contributed by atoms with E-state index in [0.717, 1.165) is 61.3 Å². The van der Waals surface area contributed by atoms with Gasteiger partial charge in [0.25, 0.3) is 0 Å². The monoisotopic (exact) mass is 972 g/mol. The van der Waals surface area contributed by atoms with Gasteiger partial charge in [-0.3, -0.25) is 9.69 Å². The van der Waals surface area contributed by atoms with Gasteiger partial charge in [0.15, 0.2) is 0 Å². The predicted molar refractivity (Wildman–Crippen MR) is 243 cm³/mol. The molecule has 0 bridgehead atoms. The Hall–Kier alpha value is -3.62. The van der Waals surface area contributed by atoms with Crippen molar-refractivity contribution in [2.24, 2.45) is 0 Å². The Morgan fingerprint density at radius 1 is 0.810 bits per heavy atom. The first-order valence-corrected chi connectivity index (χ1v) is 23.0. The van der Waals surface area contributed by atoms with Crippen molar-refractivity contribution in [1.82, 2.24) is 19.8 Å². The number of likely N-dealkylation sites (tertiary alicyclic amines) is 1. The summed E-state index contributed by atoms with van der Waals surface area (Å²) in [5.74, 6) is 0.222. The lowest BCUT2D eigenvalue weighted by Crippen LogP contribution is -2.51. The van der Waals surface area contributed by atoms with Crippen LogP contribution in [0.2, 0.25) is 0 Å². The number of ketones is 1. The number of amides is 2. The highest BCUT2D eigenvalue weighted by atomic mass is 79.9. The van der Waals surface area contributed by atoms with Crippen molar-refractivity contribution in [2.45, 2.75) is 130 Å². The fraction of sp³-hybridized carbons (Fsp3) is 0.476. The Labute approximate surface area is 369 Å². The Morgan fingerprint density at radius 2 is 1.31 bits per heavy atom. The number of carbonyl (C=O) groups is 3. The van der Waals surface area contributed by atoms with Crippen LogP contribution in [-0.2, 0) is 27.1 Å². The lowest BCUT2D eigenvalue weighted by molar-refractivity contribution is -0.124. The minimum atomic E-state index is -0.522. The number of nitrogen functional groups attached to an aromatic ring is 1. The van der Waals surface area contributed by atoms with Gasteiger partial charge in [0.2, 0.25) is 0 Å². The Balaban J connectivity index is 0.000000186. The highest BCUT2D eigenvalue weighted by molar-refractivity contribution is 9.10. The first-order valence-electron chi connectivity index (χ1n) is 19.0. The van der Waals surface area contributed by atoms with Gasteiger partial charge < -0.3 is 20.1 Å². The van der Waals surface area contributed by atoms with Crippen molar-refractivity contribution >= 4 is 109 Å². The van der Waals surface area contributed by atoms with Gasteiger partial charge in [-0.05, 0) is 118 Å². The smallest absolute Gasteiger partial charge is 0.411 e. The molecule has 16 heteroatoms. The first-order chi connectivity index (χ1) is 27.0. The molecule has 1 fully saturated rings. The van der Waals surface area contributed by atoms with E-state index in [9.17, 15) is 14.4 Å². The van der Waals surface area contributed by atoms with Gasteiger partial charge in [0.1, 0.15) is 27.0 Å². The molecule has 3 aromatic heterocycles. The normalized spacial score (nSPS) is 19.4. The highest BCUT2D eigenvalue weighted by Gasteiger charge is 2.39. The zero-order chi connectivity index (χ0) is 42.9. The molecule has 0 spiro atoms. The fourth-order valence-electron chi connectivity index (χ4n) is 6.97. The van der Waals surface area contributed by atoms with Gasteiger partial charge in [0, 0.05) is 50.4 Å². The number of benzene rings is 2. The van der Waals surface area contributed by atoms with Crippen molar-refractivity contribution in [3.05, 3.63) is 60.8 Å². The summed E-state index contributed by atoms with van der Waals surface area (Å²) in [6.45, 7) is 19.1. The third-order valence-corrected chi connectivity index (χ3v) is 13.5. The molecule has 0 aliphatic carbocycles. The molecule has 58 heavy (non-hydrogen) atoms. The first kappa shape index (κ1) is 45.5. The van der Waals surface area contributed by atoms with Gasteiger partial charge in [-0.2, -0.15) is 5.26 Å². The molecule has 2 N–H and O–H groups in total. The minimum absolute atomic E-state index is 0.0172. The second kappa shape index (κ2) is 18.3. The fourth-order valence-corrected chi connectivity index (χ4v) is 11.2. The molecule has 1 saturated heterocycles. The average Bonchev–Trinajstić information content (AvgIpc) is 3.77. The molecule has 2 aliphatic heterocycles. The lowest BCUT2D eigenvalue weighted by atomic mass is 9.93. The van der Waals surface area contributed by atoms with Gasteiger partial charge in [0.05, 0.1) is 44.0 Å². The number of hydrogen-bond acceptors (Lipinski definition) is 12. The number of fused-ring (bicyclic) bond motifs is 3. The maximum Gasteiger partial charge on any atom is 0.411 e. The van der Waals surface area contributed by atoms with Gasteiger partial charge in [-0.15, -0.1) is 34.0 Å². The Morgan fingerprint density at radius 3 is 1.84 bits per heavy atom. The lowest BCUT2D eigenvalue weighted by Gasteiger charge is -2.39. The molecule has 2 aliphatic rings. The molecule has 11 nitrogen and oxygen atoms in total. The summed E-state index contributed by atoms with van der Waals surface area (Å²) in [7, 11) is 0. The molecule has 0 radical (unpaired) electrons. The number of nitriles is 1. The number of Topliss-reactive ketones (excluding diaryl/α,β-unsaturated/α-hetero) is 1. The van der Waals surface area contributed by atoms with E-state index in [1.165, 1.54) is 5.56 Å². The summed E-state index contributed by atoms with van der Waals surface area (Å²) in [6.07, 6.45) is 1.41. The van der Waals surface area contributed by atoms with Crippen LogP contribution in [-0.4, -0.2) is 67.1 Å². The number of ether oxygens (including phenoxy) is 2. The standard InChI is InChI=1S/C21H24BrN3O2S2.C12H21NO3.C9H5BrN2S/c1-10-8-13-16(19-24-14-7-6-12(22)9-15(14)28-19)18(23)29-17(13)11(2)25(10)20(26)27-21(3,4)5;1-8-6-10(14)7-9(2)13(8)11(15)16-12(3,4)5;10-6-1-2-7-8(5-6)13-9(12-7)3-4-11/h6-7,9-11H,8,23H2,1-5H3;8-9H,6-7H2,1-5H3;1-2,5H,3H2. The molecule has 5 aromatic rings. The summed E-state index contributed by atoms with van der Waals surface area (Å²) in [4.78, 5) is 49.9. The number of thiophene rings is 1. The number of halogens is 2. The number of anilines is 1. The van der Waals surface area contributed by atoms with Crippen LogP contribution in [0.15, 0.2) is 45.3 Å². The number of rotatable bonds is 2. The average molecular weight is 975 g/mol. The van der Waals surface area contributed by atoms with Crippen molar-refractivity contribution in [3.63, 3.8) is 0 Å². The molecule has 4 unspecified atom stereocenters. The summed E-state index contributed by atoms with van der Waals surface area (Å²) in [6, 6.07) is 13.9. The number of carbonyl (C=O) groups excluding carboxylic acids is 3. The molecule has 7 rings (SSSR count). The van der Waals surface area contributed by atoms with Crippen LogP contribution < -0.4 is 5.73 Å². The maximum absolute atomic E-state index is 12.8. The van der Waals surface area contributed by atoms with Gasteiger partial charge in [-0.25, -0.2) is 19.6 Å². The third kappa shape index (κ3) is 11.1. The number of nitrogens with two attached hydrogens (primary N) is 1. The molecular weight excluding hydrogens is 925 g/mol. The van der Waals surface area contributed by atoms with Gasteiger partial charge in [-0.1, -0.05) is 31.9 Å². The van der Waals surface area contributed by atoms with Crippen molar-refractivity contribution in [3.8, 4) is 16.6 Å². The van der Waals surface area contributed by atoms with Crippen molar-refractivity contribution in [2.75, 3.05) is 5.73 Å². The molecule has 2 amide bonds. The van der Waals surface area contributed by atoms with E-state index >= 15 is 0 Å². The Bertz CT molecular complexity index is 2340. The summed E-state index contributed by atoms with van der Waals surface area (Å²) in [5, 5.41) is 11.1. The molecule has 2 aromatic carbocycles. The molecule has 310 valence electrons. The van der Waals surface area contributed by atoms with E-state index in [1.54, 1.807) is 38.9 Å². The van der Waals surface area contributed by atoms with E-state index < -0.39 is 11.2 Å². The summed E-state index contributed by atoms with van der Waals surface area (Å²) < 4.78 is 15.3. The van der Waals surface area contributed by atoms with Crippen LogP contribution >= 0.6 is 65.9 Å². The van der Waals surface area contributed by atoms with E-state index in [-0.39, 0.29) is 42.1 Å². The quantitative estimate of drug-likeness (QED) is 0.182. The molecular formula is C42H50Br2N6O5S3. The molecule has 0 saturated carbocycles. The summed E-state index contributed by atoms with van der Waals surface area (Å²) >= 11 is 11.7. The van der Waals surface area contributed by atoms with Crippen LogP contribution in [0.25, 0.3) is 31.0 Å². The van der Waals surface area contributed by atoms with E-state index in [1.807, 2.05) is 97.5 Å². The van der Waals surface area contributed by atoms with Crippen molar-refractivity contribution in [1.29, 1.82) is 5.26 Å². The van der Waals surface area contributed by atoms with Crippen molar-refractivity contribution < 1.29 is 23.9 Å². The molecule has 4 atom stereocenters. The third-order valence-electron chi connectivity index (χ3n) is 9.23. The maximum atomic E-state index is 12.8. The Kier molecular flexibility index (Phi) is 14.4. The van der Waals surface area contributed by atoms with Crippen LogP contribution in [0, 0.1) is 11.3 Å². The van der Waals surface area contributed by atoms with Crippen LogP contribution in [0.5, 0.6) is 0 Å².